The number of rotatable bonds is 7. The van der Waals surface area contributed by atoms with Gasteiger partial charge in [-0.3, -0.25) is 14.4 Å². The van der Waals surface area contributed by atoms with E-state index < -0.39 is 0 Å². The summed E-state index contributed by atoms with van der Waals surface area (Å²) in [5, 5.41) is 2.76. The van der Waals surface area contributed by atoms with Gasteiger partial charge in [0.05, 0.1) is 31.2 Å². The van der Waals surface area contributed by atoms with Crippen molar-refractivity contribution in [2.75, 3.05) is 33.3 Å². The van der Waals surface area contributed by atoms with Gasteiger partial charge in [-0.2, -0.15) is 0 Å². The van der Waals surface area contributed by atoms with Crippen molar-refractivity contribution in [2.45, 2.75) is 33.1 Å². The number of likely N-dealkylation sites (tertiary alicyclic amines) is 1. The number of benzene rings is 1. The predicted octanol–water partition coefficient (Wildman–Crippen LogP) is 2.92. The van der Waals surface area contributed by atoms with Gasteiger partial charge in [0.25, 0.3) is 0 Å². The highest BCUT2D eigenvalue weighted by Gasteiger charge is 2.30. The number of thiazole rings is 1. The molecule has 166 valence electrons. The number of nitrogens with zero attached hydrogens (tertiary/aromatic N) is 3. The standard InChI is InChI=1S/C23H29N3O4S/c1-4-30-23(29)18-6-5-11-26(13-18)21(28)14-25(3)20(27)12-19-15-31-22(24-19)17-9-7-16(2)8-10-17/h7-10,15,18H,4-6,11-14H2,1-3H3. The normalized spacial score (nSPS) is 16.1. The molecule has 0 aliphatic carbocycles. The van der Waals surface area contributed by atoms with E-state index >= 15 is 0 Å². The molecular formula is C23H29N3O4S. The first-order chi connectivity index (χ1) is 14.9. The number of likely N-dealkylation sites (N-methyl/N-ethyl adjacent to an activating group) is 1. The van der Waals surface area contributed by atoms with E-state index in [1.165, 1.54) is 21.8 Å². The summed E-state index contributed by atoms with van der Waals surface area (Å²) in [7, 11) is 1.63. The summed E-state index contributed by atoms with van der Waals surface area (Å²) in [6.07, 6.45) is 1.63. The van der Waals surface area contributed by atoms with E-state index in [0.717, 1.165) is 23.4 Å². The number of esters is 1. The lowest BCUT2D eigenvalue weighted by Crippen LogP contribution is -2.47. The van der Waals surface area contributed by atoms with Gasteiger partial charge in [-0.15, -0.1) is 11.3 Å². The molecule has 0 radical (unpaired) electrons. The topological polar surface area (TPSA) is 79.8 Å². The molecule has 1 saturated heterocycles. The summed E-state index contributed by atoms with van der Waals surface area (Å²) >= 11 is 1.50. The molecule has 2 amide bonds. The first kappa shape index (κ1) is 22.9. The number of carbonyl (C=O) groups is 3. The molecule has 2 aromatic rings. The highest BCUT2D eigenvalue weighted by molar-refractivity contribution is 7.13. The zero-order chi connectivity index (χ0) is 22.4. The number of amides is 2. The van der Waals surface area contributed by atoms with E-state index in [1.807, 2.05) is 36.6 Å². The fraction of sp³-hybridized carbons (Fsp3) is 0.478. The first-order valence-electron chi connectivity index (χ1n) is 10.6. The van der Waals surface area contributed by atoms with Crippen LogP contribution in [0.2, 0.25) is 0 Å². The Labute approximate surface area is 187 Å². The number of aromatic nitrogens is 1. The Balaban J connectivity index is 1.53. The Morgan fingerprint density at radius 1 is 1.26 bits per heavy atom. The molecule has 1 aliphatic rings. The van der Waals surface area contributed by atoms with Crippen LogP contribution in [-0.2, 0) is 25.5 Å². The average Bonchev–Trinajstić information content (AvgIpc) is 3.22. The highest BCUT2D eigenvalue weighted by Crippen LogP contribution is 2.24. The zero-order valence-corrected chi connectivity index (χ0v) is 19.1. The maximum absolute atomic E-state index is 12.7. The lowest BCUT2D eigenvalue weighted by molar-refractivity contribution is -0.152. The number of carbonyl (C=O) groups excluding carboxylic acids is 3. The lowest BCUT2D eigenvalue weighted by Gasteiger charge is -2.32. The fourth-order valence-corrected chi connectivity index (χ4v) is 4.38. The molecular weight excluding hydrogens is 414 g/mol. The third-order valence-electron chi connectivity index (χ3n) is 5.37. The molecule has 3 rings (SSSR count). The van der Waals surface area contributed by atoms with Gasteiger partial charge < -0.3 is 14.5 Å². The summed E-state index contributed by atoms with van der Waals surface area (Å²) in [5.41, 5.74) is 2.91. The molecule has 0 bridgehead atoms. The van der Waals surface area contributed by atoms with Crippen LogP contribution in [0.4, 0.5) is 0 Å². The van der Waals surface area contributed by atoms with Gasteiger partial charge in [-0.1, -0.05) is 29.8 Å². The van der Waals surface area contributed by atoms with Crippen molar-refractivity contribution in [2.24, 2.45) is 5.92 Å². The van der Waals surface area contributed by atoms with E-state index in [0.29, 0.717) is 25.4 Å². The van der Waals surface area contributed by atoms with E-state index in [1.54, 1.807) is 18.9 Å². The summed E-state index contributed by atoms with van der Waals surface area (Å²) in [4.78, 5) is 45.0. The van der Waals surface area contributed by atoms with Crippen LogP contribution in [-0.4, -0.2) is 65.9 Å². The Bertz CT molecular complexity index is 925. The van der Waals surface area contributed by atoms with Crippen LogP contribution in [0.5, 0.6) is 0 Å². The van der Waals surface area contributed by atoms with Crippen molar-refractivity contribution in [3.05, 3.63) is 40.9 Å². The largest absolute Gasteiger partial charge is 0.466 e. The van der Waals surface area contributed by atoms with Crippen LogP contribution < -0.4 is 0 Å². The van der Waals surface area contributed by atoms with Crippen LogP contribution in [0.1, 0.15) is 31.0 Å². The summed E-state index contributed by atoms with van der Waals surface area (Å²) in [6.45, 7) is 5.09. The molecule has 1 aromatic heterocycles. The molecule has 0 N–H and O–H groups in total. The maximum atomic E-state index is 12.7. The monoisotopic (exact) mass is 443 g/mol. The van der Waals surface area contributed by atoms with E-state index in [-0.39, 0.29) is 36.7 Å². The van der Waals surface area contributed by atoms with Crippen molar-refractivity contribution in [3.8, 4) is 10.6 Å². The molecule has 2 heterocycles. The number of piperidine rings is 1. The van der Waals surface area contributed by atoms with Crippen LogP contribution in [0.15, 0.2) is 29.6 Å². The first-order valence-corrected chi connectivity index (χ1v) is 11.4. The smallest absolute Gasteiger partial charge is 0.310 e. The van der Waals surface area contributed by atoms with Crippen molar-refractivity contribution in [1.29, 1.82) is 0 Å². The number of hydrogen-bond donors (Lipinski definition) is 0. The summed E-state index contributed by atoms with van der Waals surface area (Å²) in [5.74, 6) is -0.845. The molecule has 7 nitrogen and oxygen atoms in total. The highest BCUT2D eigenvalue weighted by atomic mass is 32.1. The molecule has 0 spiro atoms. The number of hydrogen-bond acceptors (Lipinski definition) is 6. The van der Waals surface area contributed by atoms with E-state index in [9.17, 15) is 14.4 Å². The number of aryl methyl sites for hydroxylation is 1. The summed E-state index contributed by atoms with van der Waals surface area (Å²) < 4.78 is 5.09. The van der Waals surface area contributed by atoms with E-state index in [4.69, 9.17) is 4.74 Å². The van der Waals surface area contributed by atoms with Crippen molar-refractivity contribution >= 4 is 29.1 Å². The molecule has 1 aromatic carbocycles. The molecule has 1 aliphatic heterocycles. The van der Waals surface area contributed by atoms with Gasteiger partial charge in [0.1, 0.15) is 5.01 Å². The van der Waals surface area contributed by atoms with Gasteiger partial charge in [0.2, 0.25) is 11.8 Å². The van der Waals surface area contributed by atoms with Gasteiger partial charge in [-0.25, -0.2) is 4.98 Å². The second-order valence-electron chi connectivity index (χ2n) is 7.87. The van der Waals surface area contributed by atoms with Crippen LogP contribution in [0.25, 0.3) is 10.6 Å². The third-order valence-corrected chi connectivity index (χ3v) is 6.31. The third kappa shape index (κ3) is 6.13. The van der Waals surface area contributed by atoms with Crippen LogP contribution in [0, 0.1) is 12.8 Å². The molecule has 0 saturated carbocycles. The second-order valence-corrected chi connectivity index (χ2v) is 8.73. The van der Waals surface area contributed by atoms with Crippen molar-refractivity contribution in [1.82, 2.24) is 14.8 Å². The molecule has 1 unspecified atom stereocenters. The van der Waals surface area contributed by atoms with Crippen LogP contribution >= 0.6 is 11.3 Å². The predicted molar refractivity (Wildman–Crippen MR) is 120 cm³/mol. The minimum atomic E-state index is -0.283. The Morgan fingerprint density at radius 2 is 2.00 bits per heavy atom. The van der Waals surface area contributed by atoms with Gasteiger partial charge >= 0.3 is 5.97 Å². The summed E-state index contributed by atoms with van der Waals surface area (Å²) in [6, 6.07) is 8.11. The van der Waals surface area contributed by atoms with E-state index in [2.05, 4.69) is 4.98 Å². The Hall–Kier alpha value is -2.74. The van der Waals surface area contributed by atoms with Crippen LogP contribution in [0.3, 0.4) is 0 Å². The fourth-order valence-electron chi connectivity index (χ4n) is 3.55. The maximum Gasteiger partial charge on any atom is 0.310 e. The zero-order valence-electron chi connectivity index (χ0n) is 18.3. The van der Waals surface area contributed by atoms with Crippen molar-refractivity contribution in [3.63, 3.8) is 0 Å². The SMILES string of the molecule is CCOC(=O)C1CCCN(C(=O)CN(C)C(=O)Cc2csc(-c3ccc(C)cc3)n2)C1. The molecule has 1 fully saturated rings. The van der Waals surface area contributed by atoms with Crippen molar-refractivity contribution < 1.29 is 19.1 Å². The molecule has 1 atom stereocenters. The number of ether oxygens (including phenoxy) is 1. The quantitative estimate of drug-likeness (QED) is 0.615. The minimum absolute atomic E-state index is 0.0106. The second kappa shape index (κ2) is 10.5. The molecule has 8 heteroatoms. The minimum Gasteiger partial charge on any atom is -0.466 e. The van der Waals surface area contributed by atoms with Gasteiger partial charge in [0, 0.05) is 31.1 Å². The Kier molecular flexibility index (Phi) is 7.79. The molecule has 31 heavy (non-hydrogen) atoms. The van der Waals surface area contributed by atoms with Gasteiger partial charge in [0.15, 0.2) is 0 Å². The lowest BCUT2D eigenvalue weighted by atomic mass is 9.98. The Morgan fingerprint density at radius 3 is 2.71 bits per heavy atom. The average molecular weight is 444 g/mol. The van der Waals surface area contributed by atoms with Gasteiger partial charge in [-0.05, 0) is 26.7 Å².